The van der Waals surface area contributed by atoms with Gasteiger partial charge in [0.1, 0.15) is 5.69 Å². The standard InChI is InChI=1S/C14H17F2N3/c1-4-17-7-11-5-12(15)14(13(16)6-11)19-8-18-9(2)10(19)3/h5-6,8,17H,4,7H2,1-3H3. The van der Waals surface area contributed by atoms with Crippen LogP contribution in [0.5, 0.6) is 0 Å². The maximum Gasteiger partial charge on any atom is 0.150 e. The van der Waals surface area contributed by atoms with Crippen molar-refractivity contribution in [3.63, 3.8) is 0 Å². The zero-order valence-electron chi connectivity index (χ0n) is 11.3. The summed E-state index contributed by atoms with van der Waals surface area (Å²) < 4.78 is 29.6. The molecule has 3 nitrogen and oxygen atoms in total. The fraction of sp³-hybridized carbons (Fsp3) is 0.357. The highest BCUT2D eigenvalue weighted by molar-refractivity contribution is 5.40. The fourth-order valence-corrected chi connectivity index (χ4v) is 1.94. The Balaban J connectivity index is 2.45. The number of aryl methyl sites for hydroxylation is 1. The number of hydrogen-bond acceptors (Lipinski definition) is 2. The average molecular weight is 265 g/mol. The van der Waals surface area contributed by atoms with Crippen LogP contribution >= 0.6 is 0 Å². The summed E-state index contributed by atoms with van der Waals surface area (Å²) in [5, 5.41) is 3.04. The van der Waals surface area contributed by atoms with Gasteiger partial charge in [0.15, 0.2) is 11.6 Å². The predicted octanol–water partition coefficient (Wildman–Crippen LogP) is 2.88. The van der Waals surface area contributed by atoms with Crippen molar-refractivity contribution < 1.29 is 8.78 Å². The van der Waals surface area contributed by atoms with E-state index in [0.717, 1.165) is 17.9 Å². The average Bonchev–Trinajstić information content (AvgIpc) is 2.68. The van der Waals surface area contributed by atoms with E-state index in [9.17, 15) is 8.78 Å². The lowest BCUT2D eigenvalue weighted by atomic mass is 10.1. The highest BCUT2D eigenvalue weighted by atomic mass is 19.1. The zero-order chi connectivity index (χ0) is 14.0. The van der Waals surface area contributed by atoms with Crippen LogP contribution in [-0.2, 0) is 6.54 Å². The predicted molar refractivity (Wildman–Crippen MR) is 70.3 cm³/mol. The number of hydrogen-bond donors (Lipinski definition) is 1. The minimum Gasteiger partial charge on any atom is -0.313 e. The Hall–Kier alpha value is -1.75. The number of nitrogens with zero attached hydrogens (tertiary/aromatic N) is 2. The van der Waals surface area contributed by atoms with Gasteiger partial charge in [-0.05, 0) is 38.1 Å². The van der Waals surface area contributed by atoms with Crippen molar-refractivity contribution >= 4 is 0 Å². The van der Waals surface area contributed by atoms with Gasteiger partial charge in [-0.25, -0.2) is 13.8 Å². The summed E-state index contributed by atoms with van der Waals surface area (Å²) in [6.07, 6.45) is 1.44. The Kier molecular flexibility index (Phi) is 3.95. The first-order chi connectivity index (χ1) is 9.04. The van der Waals surface area contributed by atoms with Gasteiger partial charge in [0.05, 0.1) is 12.0 Å². The quantitative estimate of drug-likeness (QED) is 0.921. The minimum absolute atomic E-state index is 0.0710. The molecule has 0 aliphatic carbocycles. The van der Waals surface area contributed by atoms with Crippen LogP contribution in [0.25, 0.3) is 5.69 Å². The van der Waals surface area contributed by atoms with E-state index >= 15 is 0 Å². The van der Waals surface area contributed by atoms with Crippen LogP contribution < -0.4 is 5.32 Å². The Labute approximate surface area is 111 Å². The van der Waals surface area contributed by atoms with Gasteiger partial charge in [0, 0.05) is 12.2 Å². The molecule has 1 aromatic heterocycles. The molecule has 0 radical (unpaired) electrons. The highest BCUT2D eigenvalue weighted by Gasteiger charge is 2.15. The third-order valence-corrected chi connectivity index (χ3v) is 3.15. The molecule has 5 heteroatoms. The second-order valence-electron chi connectivity index (χ2n) is 4.47. The smallest absolute Gasteiger partial charge is 0.150 e. The third-order valence-electron chi connectivity index (χ3n) is 3.15. The molecule has 0 fully saturated rings. The molecule has 19 heavy (non-hydrogen) atoms. The largest absolute Gasteiger partial charge is 0.313 e. The molecule has 0 spiro atoms. The molecule has 0 amide bonds. The molecule has 1 aromatic carbocycles. The molecular formula is C14H17F2N3. The number of aromatic nitrogens is 2. The van der Waals surface area contributed by atoms with Crippen LogP contribution in [0, 0.1) is 25.5 Å². The molecule has 0 atom stereocenters. The maximum absolute atomic E-state index is 14.1. The summed E-state index contributed by atoms with van der Waals surface area (Å²) >= 11 is 0. The number of nitrogens with one attached hydrogen (secondary N) is 1. The van der Waals surface area contributed by atoms with Crippen molar-refractivity contribution in [3.05, 3.63) is 47.0 Å². The summed E-state index contributed by atoms with van der Waals surface area (Å²) in [4.78, 5) is 4.06. The van der Waals surface area contributed by atoms with Gasteiger partial charge in [-0.1, -0.05) is 6.92 Å². The van der Waals surface area contributed by atoms with E-state index < -0.39 is 11.6 Å². The first-order valence-electron chi connectivity index (χ1n) is 6.24. The minimum atomic E-state index is -0.576. The molecule has 2 aromatic rings. The third kappa shape index (κ3) is 2.66. The topological polar surface area (TPSA) is 29.9 Å². The van der Waals surface area contributed by atoms with E-state index in [1.54, 1.807) is 13.8 Å². The second kappa shape index (κ2) is 5.48. The fourth-order valence-electron chi connectivity index (χ4n) is 1.94. The van der Waals surface area contributed by atoms with Gasteiger partial charge >= 0.3 is 0 Å². The van der Waals surface area contributed by atoms with Crippen molar-refractivity contribution in [2.75, 3.05) is 6.54 Å². The van der Waals surface area contributed by atoms with Crippen LogP contribution in [-0.4, -0.2) is 16.1 Å². The van der Waals surface area contributed by atoms with Gasteiger partial charge in [0.2, 0.25) is 0 Å². The second-order valence-corrected chi connectivity index (χ2v) is 4.47. The van der Waals surface area contributed by atoms with Crippen LogP contribution in [0.2, 0.25) is 0 Å². The van der Waals surface area contributed by atoms with Crippen molar-refractivity contribution in [2.24, 2.45) is 0 Å². The molecule has 0 saturated heterocycles. The molecule has 0 aliphatic heterocycles. The molecule has 0 bridgehead atoms. The molecule has 0 unspecified atom stereocenters. The molecule has 1 heterocycles. The van der Waals surface area contributed by atoms with E-state index in [1.165, 1.54) is 23.0 Å². The maximum atomic E-state index is 14.1. The Bertz CT molecular complexity index is 567. The SMILES string of the molecule is CCNCc1cc(F)c(-n2cnc(C)c2C)c(F)c1. The molecule has 0 aliphatic rings. The van der Waals surface area contributed by atoms with Crippen molar-refractivity contribution in [3.8, 4) is 5.69 Å². The van der Waals surface area contributed by atoms with E-state index in [2.05, 4.69) is 10.3 Å². The number of benzene rings is 1. The lowest BCUT2D eigenvalue weighted by Gasteiger charge is -2.11. The molecule has 0 saturated carbocycles. The summed E-state index contributed by atoms with van der Waals surface area (Å²) in [5.41, 5.74) is 2.01. The van der Waals surface area contributed by atoms with Gasteiger partial charge in [-0.15, -0.1) is 0 Å². The summed E-state index contributed by atoms with van der Waals surface area (Å²) in [6, 6.07) is 2.71. The summed E-state index contributed by atoms with van der Waals surface area (Å²) in [6.45, 7) is 6.74. The van der Waals surface area contributed by atoms with Gasteiger partial charge in [-0.3, -0.25) is 4.57 Å². The Morgan fingerprint density at radius 2 is 1.84 bits per heavy atom. The van der Waals surface area contributed by atoms with Crippen LogP contribution in [0.4, 0.5) is 8.78 Å². The van der Waals surface area contributed by atoms with Crippen LogP contribution in [0.3, 0.4) is 0 Å². The van der Waals surface area contributed by atoms with Gasteiger partial charge < -0.3 is 5.32 Å². The highest BCUT2D eigenvalue weighted by Crippen LogP contribution is 2.22. The van der Waals surface area contributed by atoms with E-state index in [1.807, 2.05) is 6.92 Å². The number of halogens is 2. The Morgan fingerprint density at radius 1 is 1.21 bits per heavy atom. The van der Waals surface area contributed by atoms with Crippen LogP contribution in [0.15, 0.2) is 18.5 Å². The van der Waals surface area contributed by atoms with E-state index in [-0.39, 0.29) is 5.69 Å². The monoisotopic (exact) mass is 265 g/mol. The lowest BCUT2D eigenvalue weighted by Crippen LogP contribution is -2.13. The molecule has 1 N–H and O–H groups in total. The lowest BCUT2D eigenvalue weighted by molar-refractivity contribution is 0.561. The first-order valence-corrected chi connectivity index (χ1v) is 6.24. The van der Waals surface area contributed by atoms with Gasteiger partial charge in [-0.2, -0.15) is 0 Å². The Morgan fingerprint density at radius 3 is 2.32 bits per heavy atom. The van der Waals surface area contributed by atoms with E-state index in [0.29, 0.717) is 12.1 Å². The zero-order valence-corrected chi connectivity index (χ0v) is 11.3. The summed E-state index contributed by atoms with van der Waals surface area (Å²) in [5.74, 6) is -1.15. The molecular weight excluding hydrogens is 248 g/mol. The van der Waals surface area contributed by atoms with Crippen molar-refractivity contribution in [2.45, 2.75) is 27.3 Å². The van der Waals surface area contributed by atoms with E-state index in [4.69, 9.17) is 0 Å². The van der Waals surface area contributed by atoms with Crippen LogP contribution in [0.1, 0.15) is 23.9 Å². The normalized spacial score (nSPS) is 11.0. The van der Waals surface area contributed by atoms with Crippen molar-refractivity contribution in [1.82, 2.24) is 14.9 Å². The first kappa shape index (κ1) is 13.7. The number of imidazole rings is 1. The summed E-state index contributed by atoms with van der Waals surface area (Å²) in [7, 11) is 0. The number of rotatable bonds is 4. The van der Waals surface area contributed by atoms with Gasteiger partial charge in [0.25, 0.3) is 0 Å². The molecule has 2 rings (SSSR count). The molecule has 102 valence electrons. The van der Waals surface area contributed by atoms with Crippen molar-refractivity contribution in [1.29, 1.82) is 0 Å².